The lowest BCUT2D eigenvalue weighted by Gasteiger charge is -2.39. The smallest absolute Gasteiger partial charge is 0.243 e. The number of nitrogens with one attached hydrogen (secondary N) is 2. The fraction of sp³-hybridized carbons (Fsp3) is 0.345. The van der Waals surface area contributed by atoms with Crippen LogP contribution in [-0.4, -0.2) is 86.5 Å². The van der Waals surface area contributed by atoms with Crippen LogP contribution in [0.1, 0.15) is 6.42 Å². The first-order valence-electron chi connectivity index (χ1n) is 13.0. The quantitative estimate of drug-likeness (QED) is 0.502. The minimum Gasteiger partial charge on any atom is -0.497 e. The Labute approximate surface area is 222 Å². The second kappa shape index (κ2) is 11.5. The molecule has 2 heterocycles. The van der Waals surface area contributed by atoms with E-state index in [-0.39, 0.29) is 30.7 Å². The molecule has 0 aliphatic carbocycles. The van der Waals surface area contributed by atoms with E-state index in [2.05, 4.69) is 20.4 Å². The topological polar surface area (TPSA) is 94.2 Å². The van der Waals surface area contributed by atoms with E-state index >= 15 is 0 Å². The number of hydrogen-bond donors (Lipinski definition) is 2. The van der Waals surface area contributed by atoms with E-state index in [9.17, 15) is 14.4 Å². The van der Waals surface area contributed by atoms with E-state index in [4.69, 9.17) is 4.74 Å². The number of fused-ring (bicyclic) bond motifs is 1. The average molecular weight is 516 g/mol. The fourth-order valence-electron chi connectivity index (χ4n) is 5.17. The van der Waals surface area contributed by atoms with Crippen molar-refractivity contribution in [3.63, 3.8) is 0 Å². The van der Waals surface area contributed by atoms with E-state index in [1.807, 2.05) is 66.7 Å². The minimum atomic E-state index is -0.827. The van der Waals surface area contributed by atoms with Gasteiger partial charge in [-0.2, -0.15) is 0 Å². The van der Waals surface area contributed by atoms with Crippen molar-refractivity contribution in [2.24, 2.45) is 0 Å². The molecule has 198 valence electrons. The number of carbonyl (C=O) groups is 3. The minimum absolute atomic E-state index is 0.0912. The third-order valence-electron chi connectivity index (χ3n) is 7.26. The second-order valence-electron chi connectivity index (χ2n) is 9.63. The summed E-state index contributed by atoms with van der Waals surface area (Å²) in [6.07, 6.45) is -0.0912. The molecule has 9 heteroatoms. The molecule has 3 amide bonds. The maximum atomic E-state index is 13.3. The fourth-order valence-corrected chi connectivity index (χ4v) is 5.17. The van der Waals surface area contributed by atoms with Crippen molar-refractivity contribution in [1.82, 2.24) is 15.1 Å². The Hall–Kier alpha value is -4.11. The molecule has 38 heavy (non-hydrogen) atoms. The van der Waals surface area contributed by atoms with Crippen LogP contribution >= 0.6 is 0 Å². The van der Waals surface area contributed by atoms with Crippen LogP contribution in [0.15, 0.2) is 66.7 Å². The molecular weight excluding hydrogens is 482 g/mol. The summed E-state index contributed by atoms with van der Waals surface area (Å²) < 4.78 is 5.24. The molecule has 2 aliphatic heterocycles. The summed E-state index contributed by atoms with van der Waals surface area (Å²) in [4.78, 5) is 45.0. The molecule has 1 atom stereocenters. The predicted octanol–water partition coefficient (Wildman–Crippen LogP) is 2.33. The first-order chi connectivity index (χ1) is 18.5. The van der Waals surface area contributed by atoms with Gasteiger partial charge in [0.1, 0.15) is 11.8 Å². The second-order valence-corrected chi connectivity index (χ2v) is 9.63. The van der Waals surface area contributed by atoms with E-state index < -0.39 is 6.04 Å². The molecular formula is C29H33N5O4. The molecule has 0 unspecified atom stereocenters. The highest BCUT2D eigenvalue weighted by atomic mass is 16.5. The van der Waals surface area contributed by atoms with Crippen LogP contribution in [0.2, 0.25) is 0 Å². The molecule has 0 aromatic heterocycles. The van der Waals surface area contributed by atoms with E-state index in [1.54, 1.807) is 12.0 Å². The van der Waals surface area contributed by atoms with Gasteiger partial charge in [0.15, 0.2) is 0 Å². The van der Waals surface area contributed by atoms with E-state index in [0.717, 1.165) is 48.4 Å². The monoisotopic (exact) mass is 515 g/mol. The summed E-state index contributed by atoms with van der Waals surface area (Å²) in [5.74, 6) is 0.112. The zero-order chi connectivity index (χ0) is 26.5. The predicted molar refractivity (Wildman–Crippen MR) is 147 cm³/mol. The molecule has 2 saturated heterocycles. The molecule has 0 radical (unpaired) electrons. The van der Waals surface area contributed by atoms with Gasteiger partial charge in [-0.1, -0.05) is 36.4 Å². The lowest BCUT2D eigenvalue weighted by Crippen LogP contribution is -2.60. The van der Waals surface area contributed by atoms with Gasteiger partial charge in [-0.15, -0.1) is 0 Å². The number of piperazine rings is 2. The SMILES string of the molecule is COc1ccc(N2CCN(CC(=O)N3CCNC(=O)[C@H]3CC(=O)Nc3cccc4ccccc34)CC2)cc1. The maximum absolute atomic E-state index is 13.3. The van der Waals surface area contributed by atoms with Crippen LogP contribution in [-0.2, 0) is 14.4 Å². The molecule has 0 saturated carbocycles. The van der Waals surface area contributed by atoms with Crippen LogP contribution in [0.25, 0.3) is 10.8 Å². The molecule has 2 fully saturated rings. The van der Waals surface area contributed by atoms with Crippen molar-refractivity contribution in [3.8, 4) is 5.75 Å². The zero-order valence-electron chi connectivity index (χ0n) is 21.6. The van der Waals surface area contributed by atoms with Crippen molar-refractivity contribution >= 4 is 39.9 Å². The molecule has 3 aromatic carbocycles. The first kappa shape index (κ1) is 25.5. The van der Waals surface area contributed by atoms with Gasteiger partial charge in [0.25, 0.3) is 0 Å². The van der Waals surface area contributed by atoms with Gasteiger partial charge in [-0.05, 0) is 35.7 Å². The highest BCUT2D eigenvalue weighted by Crippen LogP contribution is 2.24. The van der Waals surface area contributed by atoms with Crippen molar-refractivity contribution in [2.45, 2.75) is 12.5 Å². The van der Waals surface area contributed by atoms with Gasteiger partial charge in [0, 0.05) is 56.0 Å². The van der Waals surface area contributed by atoms with Crippen molar-refractivity contribution in [2.75, 3.05) is 63.1 Å². The molecule has 2 N–H and O–H groups in total. The summed E-state index contributed by atoms with van der Waals surface area (Å²) in [5.41, 5.74) is 1.82. The lowest BCUT2D eigenvalue weighted by atomic mass is 10.1. The van der Waals surface area contributed by atoms with Gasteiger partial charge < -0.3 is 25.2 Å². The Morgan fingerprint density at radius 3 is 2.45 bits per heavy atom. The van der Waals surface area contributed by atoms with E-state index in [1.165, 1.54) is 0 Å². The number of ether oxygens (including phenoxy) is 1. The number of amides is 3. The van der Waals surface area contributed by atoms with Gasteiger partial charge in [0.2, 0.25) is 17.7 Å². The normalized spacial score (nSPS) is 18.2. The van der Waals surface area contributed by atoms with Gasteiger partial charge in [-0.25, -0.2) is 0 Å². The van der Waals surface area contributed by atoms with Crippen LogP contribution in [0.3, 0.4) is 0 Å². The summed E-state index contributed by atoms with van der Waals surface area (Å²) in [5, 5.41) is 7.70. The molecule has 3 aromatic rings. The molecule has 0 spiro atoms. The molecule has 9 nitrogen and oxygen atoms in total. The van der Waals surface area contributed by atoms with E-state index in [0.29, 0.717) is 18.8 Å². The standard InChI is InChI=1S/C29H33N5O4/c1-38-23-11-9-22(10-12-23)33-17-15-32(16-18-33)20-28(36)34-14-13-30-29(37)26(34)19-27(35)31-25-8-4-6-21-5-2-3-7-24(21)25/h2-12,26H,13-20H2,1H3,(H,30,37)(H,31,35)/t26-/m1/s1. The lowest BCUT2D eigenvalue weighted by molar-refractivity contribution is -0.145. The third-order valence-corrected chi connectivity index (χ3v) is 7.26. The van der Waals surface area contributed by atoms with Crippen molar-refractivity contribution in [3.05, 3.63) is 66.7 Å². The Bertz CT molecular complexity index is 1300. The number of anilines is 2. The van der Waals surface area contributed by atoms with Crippen LogP contribution in [0, 0.1) is 0 Å². The number of benzene rings is 3. The molecule has 2 aliphatic rings. The van der Waals surface area contributed by atoms with Gasteiger partial charge in [0.05, 0.1) is 20.1 Å². The average Bonchev–Trinajstić information content (AvgIpc) is 2.95. The molecule has 0 bridgehead atoms. The van der Waals surface area contributed by atoms with Crippen molar-refractivity contribution < 1.29 is 19.1 Å². The van der Waals surface area contributed by atoms with Gasteiger partial charge >= 0.3 is 0 Å². The highest BCUT2D eigenvalue weighted by molar-refractivity contribution is 6.04. The Morgan fingerprint density at radius 2 is 1.68 bits per heavy atom. The summed E-state index contributed by atoms with van der Waals surface area (Å²) >= 11 is 0. The maximum Gasteiger partial charge on any atom is 0.243 e. The Kier molecular flexibility index (Phi) is 7.74. The summed E-state index contributed by atoms with van der Waals surface area (Å²) in [7, 11) is 1.65. The number of rotatable bonds is 7. The number of carbonyl (C=O) groups excluding carboxylic acids is 3. The third kappa shape index (κ3) is 5.73. The number of hydrogen-bond acceptors (Lipinski definition) is 6. The largest absolute Gasteiger partial charge is 0.497 e. The van der Waals surface area contributed by atoms with Crippen LogP contribution < -0.4 is 20.3 Å². The zero-order valence-corrected chi connectivity index (χ0v) is 21.6. The number of nitrogens with zero attached hydrogens (tertiary/aromatic N) is 3. The summed E-state index contributed by atoms with van der Waals surface area (Å²) in [6, 6.07) is 20.7. The molecule has 5 rings (SSSR count). The Balaban J connectivity index is 1.18. The number of methoxy groups -OCH3 is 1. The van der Waals surface area contributed by atoms with Crippen molar-refractivity contribution in [1.29, 1.82) is 0 Å². The summed E-state index contributed by atoms with van der Waals surface area (Å²) in [6.45, 7) is 4.09. The first-order valence-corrected chi connectivity index (χ1v) is 13.0. The highest BCUT2D eigenvalue weighted by Gasteiger charge is 2.35. The van der Waals surface area contributed by atoms with Crippen LogP contribution in [0.4, 0.5) is 11.4 Å². The van der Waals surface area contributed by atoms with Gasteiger partial charge in [-0.3, -0.25) is 19.3 Å². The van der Waals surface area contributed by atoms with Crippen LogP contribution in [0.5, 0.6) is 5.75 Å². The Morgan fingerprint density at radius 1 is 0.947 bits per heavy atom.